The second-order valence-electron chi connectivity index (χ2n) is 7.25. The first-order chi connectivity index (χ1) is 14.0. The topological polar surface area (TPSA) is 52.7 Å². The molecule has 0 saturated carbocycles. The van der Waals surface area contributed by atoms with E-state index < -0.39 is 12.6 Å². The van der Waals surface area contributed by atoms with Gasteiger partial charge in [-0.1, -0.05) is 18.2 Å². The first kappa shape index (κ1) is 19.4. The van der Waals surface area contributed by atoms with E-state index in [2.05, 4.69) is 20.6 Å². The molecule has 4 rings (SSSR count). The van der Waals surface area contributed by atoms with Crippen molar-refractivity contribution in [2.45, 2.75) is 38.3 Å². The summed E-state index contributed by atoms with van der Waals surface area (Å²) in [6.07, 6.45) is 0.847. The van der Waals surface area contributed by atoms with E-state index in [1.165, 1.54) is 11.3 Å². The van der Waals surface area contributed by atoms with Crippen molar-refractivity contribution in [1.29, 1.82) is 0 Å². The van der Waals surface area contributed by atoms with Crippen LogP contribution in [0.1, 0.15) is 30.5 Å². The van der Waals surface area contributed by atoms with Gasteiger partial charge in [-0.15, -0.1) is 0 Å². The molecule has 0 spiro atoms. The summed E-state index contributed by atoms with van der Waals surface area (Å²) in [5.41, 5.74) is 6.40. The number of para-hydroxylation sites is 1. The molecule has 3 N–H and O–H groups in total. The Kier molecular flexibility index (Phi) is 5.47. The molecule has 2 heterocycles. The smallest absolute Gasteiger partial charge is 0.370 e. The number of alkyl halides is 3. The van der Waals surface area contributed by atoms with Crippen LogP contribution in [-0.4, -0.2) is 22.7 Å². The van der Waals surface area contributed by atoms with E-state index in [9.17, 15) is 13.2 Å². The molecule has 7 heteroatoms. The lowest BCUT2D eigenvalue weighted by Gasteiger charge is -2.14. The molecule has 0 atom stereocenters. The summed E-state index contributed by atoms with van der Waals surface area (Å²) in [6.45, 7) is -0.198. The Morgan fingerprint density at radius 2 is 1.83 bits per heavy atom. The Hall–Kier alpha value is -2.96. The third-order valence-corrected chi connectivity index (χ3v) is 5.10. The fourth-order valence-corrected chi connectivity index (χ4v) is 3.72. The molecule has 0 radical (unpaired) electrons. The van der Waals surface area contributed by atoms with Crippen LogP contribution in [0.5, 0.6) is 0 Å². The lowest BCUT2D eigenvalue weighted by atomic mass is 9.96. The van der Waals surface area contributed by atoms with Crippen LogP contribution in [0, 0.1) is 0 Å². The summed E-state index contributed by atoms with van der Waals surface area (Å²) in [7, 11) is 0. The van der Waals surface area contributed by atoms with E-state index >= 15 is 0 Å². The lowest BCUT2D eigenvalue weighted by molar-refractivity contribution is -0.131. The third kappa shape index (κ3) is 4.72. The molecule has 29 heavy (non-hydrogen) atoms. The minimum atomic E-state index is -4.18. The number of nitrogens with one attached hydrogen (secondary N) is 3. The largest absolute Gasteiger partial charge is 0.390 e. The molecular formula is C22H23F3N4. The number of aryl methyl sites for hydroxylation is 1. The number of aromatic amines is 1. The molecule has 0 unspecified atom stereocenters. The van der Waals surface area contributed by atoms with Crippen molar-refractivity contribution >= 4 is 17.2 Å². The van der Waals surface area contributed by atoms with Crippen molar-refractivity contribution in [3.63, 3.8) is 0 Å². The normalized spacial score (nSPS) is 13.8. The van der Waals surface area contributed by atoms with Crippen molar-refractivity contribution < 1.29 is 13.2 Å². The fraction of sp³-hybridized carbons (Fsp3) is 0.318. The quantitative estimate of drug-likeness (QED) is 0.471. The number of fused-ring (bicyclic) bond motifs is 1. The first-order valence-electron chi connectivity index (χ1n) is 9.82. The molecule has 0 fully saturated rings. The van der Waals surface area contributed by atoms with E-state index in [1.54, 1.807) is 12.3 Å². The van der Waals surface area contributed by atoms with Gasteiger partial charge in [-0.25, -0.2) is 4.98 Å². The summed E-state index contributed by atoms with van der Waals surface area (Å²) >= 11 is 0. The van der Waals surface area contributed by atoms with Crippen LogP contribution in [-0.2, 0) is 12.8 Å². The number of nitrogens with zero attached hydrogens (tertiary/aromatic N) is 1. The maximum absolute atomic E-state index is 12.4. The number of halogens is 3. The number of pyridine rings is 1. The average molecular weight is 400 g/mol. The molecule has 0 bridgehead atoms. The predicted octanol–water partition coefficient (Wildman–Crippen LogP) is 6.06. The van der Waals surface area contributed by atoms with Gasteiger partial charge in [0.2, 0.25) is 0 Å². The molecule has 2 aromatic heterocycles. The third-order valence-electron chi connectivity index (χ3n) is 5.10. The van der Waals surface area contributed by atoms with E-state index in [4.69, 9.17) is 0 Å². The predicted molar refractivity (Wildman–Crippen MR) is 110 cm³/mol. The van der Waals surface area contributed by atoms with Crippen molar-refractivity contribution in [3.8, 4) is 11.3 Å². The highest BCUT2D eigenvalue weighted by Crippen LogP contribution is 2.39. The number of H-pyrrole nitrogens is 1. The van der Waals surface area contributed by atoms with Crippen LogP contribution in [0.3, 0.4) is 0 Å². The summed E-state index contributed by atoms with van der Waals surface area (Å²) in [5, 5.41) is 6.32. The van der Waals surface area contributed by atoms with Crippen LogP contribution in [0.25, 0.3) is 11.3 Å². The zero-order chi connectivity index (χ0) is 20.3. The highest BCUT2D eigenvalue weighted by molar-refractivity contribution is 5.83. The maximum atomic E-state index is 12.4. The monoisotopic (exact) mass is 400 g/mol. The van der Waals surface area contributed by atoms with Gasteiger partial charge in [0.25, 0.3) is 0 Å². The minimum absolute atomic E-state index is 0.198. The van der Waals surface area contributed by atoms with Gasteiger partial charge in [-0.2, -0.15) is 13.2 Å². The number of benzene rings is 1. The molecule has 4 nitrogen and oxygen atoms in total. The molecule has 1 aliphatic rings. The van der Waals surface area contributed by atoms with Crippen LogP contribution in [0.4, 0.5) is 30.4 Å². The molecule has 1 aliphatic carbocycles. The number of hydrogen-bond acceptors (Lipinski definition) is 3. The summed E-state index contributed by atoms with van der Waals surface area (Å²) in [4.78, 5) is 7.72. The Bertz CT molecular complexity index is 964. The van der Waals surface area contributed by atoms with Crippen molar-refractivity contribution in [1.82, 2.24) is 9.97 Å². The van der Waals surface area contributed by atoms with E-state index in [0.717, 1.165) is 48.3 Å². The molecule has 0 saturated heterocycles. The highest BCUT2D eigenvalue weighted by Gasteiger charge is 2.26. The molecule has 152 valence electrons. The summed E-state index contributed by atoms with van der Waals surface area (Å²) in [6, 6.07) is 13.6. The lowest BCUT2D eigenvalue weighted by Crippen LogP contribution is -2.15. The second kappa shape index (κ2) is 8.19. The fourth-order valence-electron chi connectivity index (χ4n) is 3.72. The average Bonchev–Trinajstić information content (AvgIpc) is 3.07. The van der Waals surface area contributed by atoms with Crippen LogP contribution in [0.2, 0.25) is 0 Å². The number of rotatable bonds is 6. The molecule has 3 aromatic rings. The van der Waals surface area contributed by atoms with Gasteiger partial charge in [0.1, 0.15) is 5.82 Å². The Labute approximate surface area is 167 Å². The van der Waals surface area contributed by atoms with E-state index in [1.807, 2.05) is 36.4 Å². The number of anilines is 3. The van der Waals surface area contributed by atoms with Gasteiger partial charge >= 0.3 is 6.18 Å². The minimum Gasteiger partial charge on any atom is -0.370 e. The molecule has 0 amide bonds. The van der Waals surface area contributed by atoms with E-state index in [0.29, 0.717) is 5.82 Å². The van der Waals surface area contributed by atoms with Crippen LogP contribution >= 0.6 is 0 Å². The zero-order valence-electron chi connectivity index (χ0n) is 15.9. The molecular weight excluding hydrogens is 377 g/mol. The van der Waals surface area contributed by atoms with Gasteiger partial charge in [0.15, 0.2) is 0 Å². The SMILES string of the molecule is FC(F)(F)CCNc1cc(-c2[nH]c3c(c2Nc2ccccc2)CCCC3)ccn1. The maximum Gasteiger partial charge on any atom is 0.390 e. The van der Waals surface area contributed by atoms with Gasteiger partial charge in [0.05, 0.1) is 17.8 Å². The number of hydrogen-bond donors (Lipinski definition) is 3. The second-order valence-corrected chi connectivity index (χ2v) is 7.25. The molecule has 1 aromatic carbocycles. The van der Waals surface area contributed by atoms with E-state index in [-0.39, 0.29) is 6.54 Å². The van der Waals surface area contributed by atoms with Crippen molar-refractivity contribution in [2.75, 3.05) is 17.2 Å². The summed E-state index contributed by atoms with van der Waals surface area (Å²) in [5.74, 6) is 0.435. The van der Waals surface area contributed by atoms with Gasteiger partial charge < -0.3 is 15.6 Å². The zero-order valence-corrected chi connectivity index (χ0v) is 15.9. The van der Waals surface area contributed by atoms with Crippen molar-refractivity contribution in [2.24, 2.45) is 0 Å². The van der Waals surface area contributed by atoms with Gasteiger partial charge in [-0.05, 0) is 55.5 Å². The Morgan fingerprint density at radius 1 is 1.03 bits per heavy atom. The van der Waals surface area contributed by atoms with Gasteiger partial charge in [0, 0.05) is 29.7 Å². The van der Waals surface area contributed by atoms with Crippen LogP contribution < -0.4 is 10.6 Å². The highest BCUT2D eigenvalue weighted by atomic mass is 19.4. The number of aromatic nitrogens is 2. The molecule has 0 aliphatic heterocycles. The first-order valence-corrected chi connectivity index (χ1v) is 9.82. The Balaban J connectivity index is 1.64. The van der Waals surface area contributed by atoms with Crippen molar-refractivity contribution in [3.05, 3.63) is 59.9 Å². The van der Waals surface area contributed by atoms with Gasteiger partial charge in [-0.3, -0.25) is 0 Å². The summed E-state index contributed by atoms with van der Waals surface area (Å²) < 4.78 is 37.3. The standard InChI is InChI=1S/C22H23F3N4/c23-22(24,25)11-13-27-19-14-15(10-12-26-19)20-21(28-16-6-2-1-3-7-16)17-8-4-5-9-18(17)29-20/h1-3,6-7,10,12,14,28-29H,4-5,8-9,11,13H2,(H,26,27). The van der Waals surface area contributed by atoms with Crippen LogP contribution in [0.15, 0.2) is 48.7 Å². The Morgan fingerprint density at radius 3 is 2.62 bits per heavy atom.